The van der Waals surface area contributed by atoms with Crippen LogP contribution in [-0.2, 0) is 21.3 Å². The summed E-state index contributed by atoms with van der Waals surface area (Å²) in [4.78, 5) is 12.2. The Morgan fingerprint density at radius 3 is 2.81 bits per heavy atom. The molecular weight excluding hydrogens is 294 g/mol. The summed E-state index contributed by atoms with van der Waals surface area (Å²) in [5.74, 6) is -0.0115. The topological polar surface area (TPSA) is 103 Å². The molecule has 0 aliphatic carbocycles. The van der Waals surface area contributed by atoms with Crippen molar-refractivity contribution in [2.75, 3.05) is 13.2 Å². The van der Waals surface area contributed by atoms with Crippen molar-refractivity contribution in [1.82, 2.24) is 9.88 Å². The first-order valence-electron chi connectivity index (χ1n) is 6.95. The minimum atomic E-state index is -3.81. The van der Waals surface area contributed by atoms with Gasteiger partial charge >= 0.3 is 0 Å². The molecule has 2 heterocycles. The lowest BCUT2D eigenvalue weighted by atomic mass is 10.0. The zero-order valence-electron chi connectivity index (χ0n) is 12.2. The normalized spacial score (nSPS) is 22.4. The van der Waals surface area contributed by atoms with Gasteiger partial charge in [0.2, 0.25) is 10.0 Å². The van der Waals surface area contributed by atoms with Gasteiger partial charge in [-0.05, 0) is 26.3 Å². The summed E-state index contributed by atoms with van der Waals surface area (Å²) in [5, 5.41) is 7.93. The molecule has 2 unspecified atom stereocenters. The number of aryl methyl sites for hydroxylation is 1. The number of primary sulfonamides is 1. The molecular formula is C13H21N3O4S. The first kappa shape index (κ1) is 16.0. The molecule has 2 rings (SSSR count). The Morgan fingerprint density at radius 1 is 1.57 bits per heavy atom. The Hall–Kier alpha value is -1.38. The van der Waals surface area contributed by atoms with Crippen molar-refractivity contribution in [2.24, 2.45) is 11.1 Å². The molecule has 0 aromatic carbocycles. The van der Waals surface area contributed by atoms with Crippen molar-refractivity contribution in [3.05, 3.63) is 18.0 Å². The third-order valence-corrected chi connectivity index (χ3v) is 4.71. The number of ether oxygens (including phenoxy) is 1. The number of hydrogen-bond acceptors (Lipinski definition) is 4. The third kappa shape index (κ3) is 3.63. The molecule has 8 heteroatoms. The van der Waals surface area contributed by atoms with Crippen LogP contribution in [0.4, 0.5) is 0 Å². The zero-order chi connectivity index (χ0) is 15.6. The van der Waals surface area contributed by atoms with Crippen LogP contribution in [-0.4, -0.2) is 38.1 Å². The van der Waals surface area contributed by atoms with E-state index in [2.05, 4.69) is 5.32 Å². The lowest BCUT2D eigenvalue weighted by Crippen LogP contribution is -2.33. The Bertz CT molecular complexity index is 623. The Labute approximate surface area is 124 Å². The molecule has 21 heavy (non-hydrogen) atoms. The van der Waals surface area contributed by atoms with E-state index in [0.29, 0.717) is 25.4 Å². The fraction of sp³-hybridized carbons (Fsp3) is 0.615. The van der Waals surface area contributed by atoms with Gasteiger partial charge in [0.25, 0.3) is 5.91 Å². The number of hydrogen-bond donors (Lipinski definition) is 2. The molecule has 0 spiro atoms. The molecule has 7 nitrogen and oxygen atoms in total. The number of amides is 1. The molecule has 1 aliphatic heterocycles. The van der Waals surface area contributed by atoms with Crippen LogP contribution in [0.2, 0.25) is 0 Å². The molecule has 1 aliphatic rings. The second-order valence-corrected chi connectivity index (χ2v) is 6.79. The Balaban J connectivity index is 2.09. The third-order valence-electron chi connectivity index (χ3n) is 3.83. The summed E-state index contributed by atoms with van der Waals surface area (Å²) in [6.07, 6.45) is 2.42. The van der Waals surface area contributed by atoms with Crippen LogP contribution in [0.5, 0.6) is 0 Å². The van der Waals surface area contributed by atoms with Crippen molar-refractivity contribution >= 4 is 15.9 Å². The van der Waals surface area contributed by atoms with Crippen LogP contribution in [0.3, 0.4) is 0 Å². The molecule has 1 saturated heterocycles. The summed E-state index contributed by atoms with van der Waals surface area (Å²) in [7, 11) is -3.81. The average Bonchev–Trinajstić information content (AvgIpc) is 3.01. The number of carbonyl (C=O) groups excluding carboxylic acids is 1. The highest BCUT2D eigenvalue weighted by Gasteiger charge is 2.25. The molecule has 0 radical (unpaired) electrons. The van der Waals surface area contributed by atoms with Crippen LogP contribution in [0.15, 0.2) is 17.2 Å². The predicted molar refractivity (Wildman–Crippen MR) is 77.3 cm³/mol. The molecule has 1 aromatic heterocycles. The smallest absolute Gasteiger partial charge is 0.267 e. The number of nitrogens with one attached hydrogen (secondary N) is 1. The molecule has 1 aromatic rings. The first-order valence-corrected chi connectivity index (χ1v) is 8.50. The molecule has 0 saturated carbocycles. The molecule has 1 fully saturated rings. The molecule has 118 valence electrons. The summed E-state index contributed by atoms with van der Waals surface area (Å²) < 4.78 is 29.7. The van der Waals surface area contributed by atoms with Gasteiger partial charge in [0.15, 0.2) is 0 Å². The van der Waals surface area contributed by atoms with Crippen molar-refractivity contribution in [3.8, 4) is 0 Å². The standard InChI is InChI=1S/C13H21N3O4S/c1-3-16-8-11(21(14,18)19)6-12(16)13(17)15-7-10-4-5-20-9(10)2/h6,8-10H,3-5,7H2,1-2H3,(H,15,17)(H2,14,18,19). The lowest BCUT2D eigenvalue weighted by Gasteiger charge is -2.15. The highest BCUT2D eigenvalue weighted by atomic mass is 32.2. The van der Waals surface area contributed by atoms with Crippen LogP contribution >= 0.6 is 0 Å². The zero-order valence-corrected chi connectivity index (χ0v) is 13.0. The van der Waals surface area contributed by atoms with Gasteiger partial charge < -0.3 is 14.6 Å². The van der Waals surface area contributed by atoms with Crippen molar-refractivity contribution in [3.63, 3.8) is 0 Å². The molecule has 2 atom stereocenters. The summed E-state index contributed by atoms with van der Waals surface area (Å²) in [6, 6.07) is 1.31. The van der Waals surface area contributed by atoms with E-state index in [4.69, 9.17) is 9.88 Å². The quantitative estimate of drug-likeness (QED) is 0.816. The highest BCUT2D eigenvalue weighted by molar-refractivity contribution is 7.89. The van der Waals surface area contributed by atoms with Gasteiger partial charge in [-0.2, -0.15) is 0 Å². The van der Waals surface area contributed by atoms with Gasteiger partial charge in [-0.3, -0.25) is 4.79 Å². The maximum Gasteiger partial charge on any atom is 0.267 e. The van der Waals surface area contributed by atoms with E-state index in [1.165, 1.54) is 12.3 Å². The first-order chi connectivity index (χ1) is 9.82. The van der Waals surface area contributed by atoms with E-state index in [0.717, 1.165) is 6.42 Å². The average molecular weight is 315 g/mol. The number of sulfonamides is 1. The molecule has 3 N–H and O–H groups in total. The minimum Gasteiger partial charge on any atom is -0.378 e. The number of nitrogens with two attached hydrogens (primary N) is 1. The van der Waals surface area contributed by atoms with Gasteiger partial charge in [0, 0.05) is 31.8 Å². The van der Waals surface area contributed by atoms with Gasteiger partial charge in [-0.1, -0.05) is 0 Å². The SMILES string of the molecule is CCn1cc(S(N)(=O)=O)cc1C(=O)NCC1CCOC1C. The van der Waals surface area contributed by atoms with Crippen molar-refractivity contribution in [1.29, 1.82) is 0 Å². The number of nitrogens with zero attached hydrogens (tertiary/aromatic N) is 1. The largest absolute Gasteiger partial charge is 0.378 e. The van der Waals surface area contributed by atoms with Crippen LogP contribution in [0.1, 0.15) is 30.8 Å². The Kier molecular flexibility index (Phi) is 4.70. The van der Waals surface area contributed by atoms with Crippen molar-refractivity contribution in [2.45, 2.75) is 37.8 Å². The van der Waals surface area contributed by atoms with Crippen molar-refractivity contribution < 1.29 is 17.9 Å². The maximum atomic E-state index is 12.2. The number of carbonyl (C=O) groups is 1. The fourth-order valence-corrected chi connectivity index (χ4v) is 3.00. The van der Waals surface area contributed by atoms with Gasteiger partial charge in [-0.15, -0.1) is 0 Å². The van der Waals surface area contributed by atoms with Crippen LogP contribution < -0.4 is 10.5 Å². The molecule has 0 bridgehead atoms. The van der Waals surface area contributed by atoms with E-state index in [9.17, 15) is 13.2 Å². The van der Waals surface area contributed by atoms with Gasteiger partial charge in [0.1, 0.15) is 10.6 Å². The van der Waals surface area contributed by atoms with E-state index in [-0.39, 0.29) is 22.8 Å². The van der Waals surface area contributed by atoms with E-state index in [1.807, 2.05) is 13.8 Å². The van der Waals surface area contributed by atoms with Gasteiger partial charge in [0.05, 0.1) is 6.10 Å². The second-order valence-electron chi connectivity index (χ2n) is 5.23. The maximum absolute atomic E-state index is 12.2. The molecule has 1 amide bonds. The second kappa shape index (κ2) is 6.17. The van der Waals surface area contributed by atoms with Crippen LogP contribution in [0, 0.1) is 5.92 Å². The fourth-order valence-electron chi connectivity index (χ4n) is 2.45. The van der Waals surface area contributed by atoms with Crippen LogP contribution in [0.25, 0.3) is 0 Å². The number of aromatic nitrogens is 1. The minimum absolute atomic E-state index is 0.0490. The number of rotatable bonds is 5. The summed E-state index contributed by atoms with van der Waals surface area (Å²) >= 11 is 0. The monoisotopic (exact) mass is 315 g/mol. The Morgan fingerprint density at radius 2 is 2.29 bits per heavy atom. The highest BCUT2D eigenvalue weighted by Crippen LogP contribution is 2.19. The van der Waals surface area contributed by atoms with Gasteiger partial charge in [-0.25, -0.2) is 13.6 Å². The van der Waals surface area contributed by atoms with E-state index in [1.54, 1.807) is 4.57 Å². The predicted octanol–water partition coefficient (Wildman–Crippen LogP) is 0.310. The van der Waals surface area contributed by atoms with E-state index >= 15 is 0 Å². The summed E-state index contributed by atoms with van der Waals surface area (Å²) in [5.41, 5.74) is 0.299. The summed E-state index contributed by atoms with van der Waals surface area (Å²) in [6.45, 7) is 5.53. The van der Waals surface area contributed by atoms with E-state index < -0.39 is 10.0 Å². The lowest BCUT2D eigenvalue weighted by molar-refractivity contribution is 0.0899.